The second-order valence-electron chi connectivity index (χ2n) is 5.35. The molecule has 3 unspecified atom stereocenters. The maximum absolute atomic E-state index is 12.2. The van der Waals surface area contributed by atoms with Crippen LogP contribution >= 0.6 is 0 Å². The molecule has 1 aliphatic rings. The molecule has 0 aliphatic carbocycles. The van der Waals surface area contributed by atoms with Gasteiger partial charge < -0.3 is 24.8 Å². The lowest BCUT2D eigenvalue weighted by atomic mass is 9.90. The third kappa shape index (κ3) is 2.68. The number of esters is 1. The van der Waals surface area contributed by atoms with Crippen molar-refractivity contribution in [3.05, 3.63) is 53.6 Å². The summed E-state index contributed by atoms with van der Waals surface area (Å²) < 4.78 is 10.3. The van der Waals surface area contributed by atoms with Crippen molar-refractivity contribution in [3.63, 3.8) is 0 Å². The molecule has 120 valence electrons. The van der Waals surface area contributed by atoms with Gasteiger partial charge in [-0.25, -0.2) is 0 Å². The van der Waals surface area contributed by atoms with E-state index < -0.39 is 24.1 Å². The highest BCUT2D eigenvalue weighted by Crippen LogP contribution is 2.41. The Morgan fingerprint density at radius 2 is 1.70 bits per heavy atom. The molecule has 0 aromatic heterocycles. The molecule has 3 N–H and O–H groups in total. The first-order chi connectivity index (χ1) is 11.0. The molecular weight excluding hydrogens is 300 g/mol. The maximum Gasteiger partial charge on any atom is 0.316 e. The Morgan fingerprint density at radius 1 is 1.04 bits per heavy atom. The first-order valence-electron chi connectivity index (χ1n) is 7.05. The maximum atomic E-state index is 12.2. The fraction of sp³-hybridized carbons (Fsp3) is 0.235. The summed E-state index contributed by atoms with van der Waals surface area (Å²) in [5.74, 6) is -1.17. The number of hydrogen-bond acceptors (Lipinski definition) is 6. The van der Waals surface area contributed by atoms with Crippen LogP contribution in [0.15, 0.2) is 42.5 Å². The Morgan fingerprint density at radius 3 is 2.35 bits per heavy atom. The van der Waals surface area contributed by atoms with Gasteiger partial charge in [0.15, 0.2) is 17.6 Å². The number of benzene rings is 2. The van der Waals surface area contributed by atoms with Crippen LogP contribution in [0.25, 0.3) is 0 Å². The van der Waals surface area contributed by atoms with Gasteiger partial charge in [-0.2, -0.15) is 0 Å². The number of methoxy groups -OCH3 is 1. The number of hydrogen-bond donors (Lipinski definition) is 3. The predicted molar refractivity (Wildman–Crippen MR) is 80.3 cm³/mol. The zero-order chi connectivity index (χ0) is 16.6. The molecule has 1 saturated heterocycles. The summed E-state index contributed by atoms with van der Waals surface area (Å²) in [5, 5.41) is 29.5. The summed E-state index contributed by atoms with van der Waals surface area (Å²) in [6, 6.07) is 10.6. The molecule has 2 aromatic rings. The summed E-state index contributed by atoms with van der Waals surface area (Å²) in [7, 11) is 1.40. The van der Waals surface area contributed by atoms with E-state index in [0.29, 0.717) is 11.1 Å². The minimum Gasteiger partial charge on any atom is -0.508 e. The molecule has 0 spiro atoms. The van der Waals surface area contributed by atoms with Gasteiger partial charge >= 0.3 is 5.97 Å². The number of carbonyl (C=O) groups is 1. The molecule has 3 atom stereocenters. The van der Waals surface area contributed by atoms with Crippen LogP contribution in [-0.2, 0) is 9.53 Å². The highest BCUT2D eigenvalue weighted by atomic mass is 16.6. The quantitative estimate of drug-likeness (QED) is 0.748. The number of aliphatic hydroxyl groups excluding tert-OH is 1. The Bertz CT molecular complexity index is 724. The first kappa shape index (κ1) is 15.2. The summed E-state index contributed by atoms with van der Waals surface area (Å²) in [6.45, 7) is 0. The van der Waals surface area contributed by atoms with Gasteiger partial charge in [0.25, 0.3) is 0 Å². The SMILES string of the molecule is COc1cc(C2C(=O)OC(c3ccc(O)cc3)C2O)ccc1O. The van der Waals surface area contributed by atoms with Crippen LogP contribution in [0.4, 0.5) is 0 Å². The minimum atomic E-state index is -1.08. The normalized spacial score (nSPS) is 23.6. The van der Waals surface area contributed by atoms with Crippen molar-refractivity contribution >= 4 is 5.97 Å². The van der Waals surface area contributed by atoms with Gasteiger partial charge in [-0.05, 0) is 35.4 Å². The van der Waals surface area contributed by atoms with Crippen molar-refractivity contribution in [2.75, 3.05) is 7.11 Å². The van der Waals surface area contributed by atoms with Gasteiger partial charge in [-0.3, -0.25) is 4.79 Å². The van der Waals surface area contributed by atoms with Gasteiger partial charge in [0.1, 0.15) is 17.8 Å². The van der Waals surface area contributed by atoms with E-state index in [1.165, 1.54) is 31.4 Å². The van der Waals surface area contributed by atoms with Gasteiger partial charge in [0.2, 0.25) is 0 Å². The fourth-order valence-corrected chi connectivity index (χ4v) is 2.73. The summed E-state index contributed by atoms with van der Waals surface area (Å²) in [6.07, 6.45) is -1.89. The standard InChI is InChI=1S/C17H16O6/c1-22-13-8-10(4-7-12(13)19)14-15(20)16(23-17(14)21)9-2-5-11(18)6-3-9/h2-8,14-16,18-20H,1H3. The molecule has 0 bridgehead atoms. The van der Waals surface area contributed by atoms with Crippen molar-refractivity contribution in [2.24, 2.45) is 0 Å². The topological polar surface area (TPSA) is 96.2 Å². The van der Waals surface area contributed by atoms with Crippen LogP contribution in [0.2, 0.25) is 0 Å². The van der Waals surface area contributed by atoms with Gasteiger partial charge in [0, 0.05) is 0 Å². The molecular formula is C17H16O6. The van der Waals surface area contributed by atoms with Crippen molar-refractivity contribution in [1.82, 2.24) is 0 Å². The van der Waals surface area contributed by atoms with Gasteiger partial charge in [-0.15, -0.1) is 0 Å². The van der Waals surface area contributed by atoms with E-state index in [-0.39, 0.29) is 17.2 Å². The van der Waals surface area contributed by atoms with Crippen LogP contribution in [-0.4, -0.2) is 34.5 Å². The van der Waals surface area contributed by atoms with E-state index in [0.717, 1.165) is 0 Å². The first-order valence-corrected chi connectivity index (χ1v) is 7.05. The van der Waals surface area contributed by atoms with Crippen molar-refractivity contribution in [2.45, 2.75) is 18.1 Å². The van der Waals surface area contributed by atoms with Crippen LogP contribution in [0.5, 0.6) is 17.2 Å². The Labute approximate surface area is 132 Å². The van der Waals surface area contributed by atoms with Crippen LogP contribution in [0.3, 0.4) is 0 Å². The predicted octanol–water partition coefficient (Wildman–Crippen LogP) is 1.85. The number of phenols is 2. The number of ether oxygens (including phenoxy) is 2. The number of cyclic esters (lactones) is 1. The zero-order valence-corrected chi connectivity index (χ0v) is 12.3. The fourth-order valence-electron chi connectivity index (χ4n) is 2.73. The van der Waals surface area contributed by atoms with E-state index in [9.17, 15) is 20.1 Å². The number of aromatic hydroxyl groups is 2. The van der Waals surface area contributed by atoms with Crippen LogP contribution in [0.1, 0.15) is 23.1 Å². The minimum absolute atomic E-state index is 0.0489. The lowest BCUT2D eigenvalue weighted by Gasteiger charge is -2.16. The molecule has 1 fully saturated rings. The Kier molecular flexibility index (Phi) is 3.83. The highest BCUT2D eigenvalue weighted by Gasteiger charge is 2.45. The second-order valence-corrected chi connectivity index (χ2v) is 5.35. The smallest absolute Gasteiger partial charge is 0.316 e. The molecule has 1 heterocycles. The summed E-state index contributed by atoms with van der Waals surface area (Å²) in [4.78, 5) is 12.2. The van der Waals surface area contributed by atoms with E-state index >= 15 is 0 Å². The number of carbonyl (C=O) groups excluding carboxylic acids is 1. The average Bonchev–Trinajstić information content (AvgIpc) is 2.84. The zero-order valence-electron chi connectivity index (χ0n) is 12.3. The van der Waals surface area contributed by atoms with Crippen molar-refractivity contribution < 1.29 is 29.6 Å². The highest BCUT2D eigenvalue weighted by molar-refractivity contribution is 5.82. The largest absolute Gasteiger partial charge is 0.508 e. The Balaban J connectivity index is 1.92. The lowest BCUT2D eigenvalue weighted by Crippen LogP contribution is -2.20. The molecule has 0 saturated carbocycles. The number of aliphatic hydroxyl groups is 1. The average molecular weight is 316 g/mol. The molecule has 23 heavy (non-hydrogen) atoms. The molecule has 3 rings (SSSR count). The third-order valence-electron chi connectivity index (χ3n) is 3.93. The van der Waals surface area contributed by atoms with E-state index in [2.05, 4.69) is 0 Å². The Hall–Kier alpha value is -2.73. The summed E-state index contributed by atoms with van der Waals surface area (Å²) in [5.41, 5.74) is 1.09. The number of rotatable bonds is 3. The van der Waals surface area contributed by atoms with Crippen molar-refractivity contribution in [3.8, 4) is 17.2 Å². The number of phenolic OH excluding ortho intramolecular Hbond substituents is 2. The van der Waals surface area contributed by atoms with Gasteiger partial charge in [-0.1, -0.05) is 18.2 Å². The third-order valence-corrected chi connectivity index (χ3v) is 3.93. The molecule has 1 aliphatic heterocycles. The molecule has 6 heteroatoms. The molecule has 0 radical (unpaired) electrons. The lowest BCUT2D eigenvalue weighted by molar-refractivity contribution is -0.143. The molecule has 2 aromatic carbocycles. The van der Waals surface area contributed by atoms with E-state index in [1.54, 1.807) is 18.2 Å². The van der Waals surface area contributed by atoms with Crippen LogP contribution < -0.4 is 4.74 Å². The van der Waals surface area contributed by atoms with Crippen molar-refractivity contribution in [1.29, 1.82) is 0 Å². The second kappa shape index (κ2) is 5.81. The summed E-state index contributed by atoms with van der Waals surface area (Å²) >= 11 is 0. The van der Waals surface area contributed by atoms with Crippen LogP contribution in [0, 0.1) is 0 Å². The van der Waals surface area contributed by atoms with Gasteiger partial charge in [0.05, 0.1) is 7.11 Å². The monoisotopic (exact) mass is 316 g/mol. The van der Waals surface area contributed by atoms with E-state index in [4.69, 9.17) is 9.47 Å². The molecule has 0 amide bonds. The molecule has 6 nitrogen and oxygen atoms in total. The van der Waals surface area contributed by atoms with E-state index in [1.807, 2.05) is 0 Å².